The van der Waals surface area contributed by atoms with Crippen molar-refractivity contribution in [1.82, 2.24) is 10.2 Å². The molecule has 0 saturated heterocycles. The van der Waals surface area contributed by atoms with Crippen LogP contribution < -0.4 is 19.9 Å². The van der Waals surface area contributed by atoms with Crippen LogP contribution in [-0.4, -0.2) is 23.9 Å². The van der Waals surface area contributed by atoms with Crippen molar-refractivity contribution in [2.45, 2.75) is 25.7 Å². The molecule has 4 rings (SSSR count). The molecule has 0 aliphatic carbocycles. The van der Waals surface area contributed by atoms with Crippen LogP contribution in [0.3, 0.4) is 0 Å². The number of hydrogen-bond donors (Lipinski definition) is 2. The first kappa shape index (κ1) is 20.4. The van der Waals surface area contributed by atoms with E-state index in [0.29, 0.717) is 18.1 Å². The van der Waals surface area contributed by atoms with Gasteiger partial charge in [0.1, 0.15) is 23.1 Å². The number of para-hydroxylation sites is 1. The van der Waals surface area contributed by atoms with Crippen LogP contribution in [0.15, 0.2) is 60.0 Å². The van der Waals surface area contributed by atoms with Crippen molar-refractivity contribution in [2.24, 2.45) is 5.73 Å². The maximum absolute atomic E-state index is 9.94. The normalized spacial score (nSPS) is 15.1. The third-order valence-corrected chi connectivity index (χ3v) is 5.30. The zero-order valence-corrected chi connectivity index (χ0v) is 17.5. The van der Waals surface area contributed by atoms with E-state index in [1.165, 1.54) is 0 Å². The minimum absolute atomic E-state index is 0.0520. The lowest BCUT2D eigenvalue weighted by molar-refractivity contribution is 0.305. The van der Waals surface area contributed by atoms with Gasteiger partial charge in [-0.05, 0) is 36.8 Å². The van der Waals surface area contributed by atoms with E-state index in [1.807, 2.05) is 48.5 Å². The third-order valence-electron chi connectivity index (χ3n) is 5.30. The van der Waals surface area contributed by atoms with Crippen molar-refractivity contribution in [3.05, 3.63) is 71.1 Å². The molecule has 1 atom stereocenters. The van der Waals surface area contributed by atoms with Crippen LogP contribution in [0.1, 0.15) is 36.8 Å². The number of fused-ring (bicyclic) bond motifs is 1. The van der Waals surface area contributed by atoms with Crippen molar-refractivity contribution in [3.63, 3.8) is 0 Å². The molecule has 1 aliphatic rings. The smallest absolute Gasteiger partial charge is 0.244 e. The molecule has 158 valence electrons. The molecule has 31 heavy (non-hydrogen) atoms. The van der Waals surface area contributed by atoms with E-state index in [9.17, 15) is 5.26 Å². The molecule has 0 fully saturated rings. The topological polar surface area (TPSA) is 106 Å². The van der Waals surface area contributed by atoms with Gasteiger partial charge < -0.3 is 19.9 Å². The number of nitrogens with two attached hydrogens (primary N) is 1. The Morgan fingerprint density at radius 2 is 1.97 bits per heavy atom. The number of benzene rings is 2. The molecule has 0 unspecified atom stereocenters. The van der Waals surface area contributed by atoms with Crippen molar-refractivity contribution in [1.29, 1.82) is 5.26 Å². The summed E-state index contributed by atoms with van der Waals surface area (Å²) in [4.78, 5) is 0. The van der Waals surface area contributed by atoms with Gasteiger partial charge in [-0.3, -0.25) is 5.10 Å². The Labute approximate surface area is 181 Å². The number of H-pyrrole nitrogens is 1. The summed E-state index contributed by atoms with van der Waals surface area (Å²) < 4.78 is 17.0. The van der Waals surface area contributed by atoms with Gasteiger partial charge >= 0.3 is 0 Å². The summed E-state index contributed by atoms with van der Waals surface area (Å²) in [6.07, 6.45) is 1.97. The van der Waals surface area contributed by atoms with Crippen molar-refractivity contribution >= 4 is 0 Å². The first-order valence-electron chi connectivity index (χ1n) is 10.2. The van der Waals surface area contributed by atoms with Gasteiger partial charge in [0.15, 0.2) is 0 Å². The number of methoxy groups -OCH3 is 1. The molecule has 2 heterocycles. The zero-order chi connectivity index (χ0) is 21.8. The molecule has 0 amide bonds. The van der Waals surface area contributed by atoms with E-state index in [0.717, 1.165) is 46.7 Å². The van der Waals surface area contributed by atoms with E-state index in [1.54, 1.807) is 7.11 Å². The highest BCUT2D eigenvalue weighted by Crippen LogP contribution is 2.47. The third kappa shape index (κ3) is 3.80. The van der Waals surface area contributed by atoms with E-state index >= 15 is 0 Å². The number of ether oxygens (including phenoxy) is 3. The maximum Gasteiger partial charge on any atom is 0.244 e. The Hall–Kier alpha value is -3.92. The standard InChI is InChI=1S/C24H24N4O3/c1-3-4-13-30-19-8-6-5-7-17(19)20-18(14-25)23(26)31-24-21(20)22(27-28-24)15-9-11-16(29-2)12-10-15/h5-12,20H,3-4,13,26H2,1-2H3,(H,27,28)/t20-/m0/s1. The average Bonchev–Trinajstić information content (AvgIpc) is 3.22. The highest BCUT2D eigenvalue weighted by atomic mass is 16.5. The fourth-order valence-corrected chi connectivity index (χ4v) is 3.71. The molecule has 3 aromatic rings. The second-order valence-corrected chi connectivity index (χ2v) is 7.21. The molecule has 1 aliphatic heterocycles. The quantitative estimate of drug-likeness (QED) is 0.550. The second kappa shape index (κ2) is 8.84. The Bertz CT molecular complexity index is 1140. The molecule has 2 aromatic carbocycles. The molecule has 0 radical (unpaired) electrons. The van der Waals surface area contributed by atoms with Gasteiger partial charge in [-0.25, -0.2) is 0 Å². The maximum atomic E-state index is 9.94. The molecule has 3 N–H and O–H groups in total. The van der Waals surface area contributed by atoms with Crippen LogP contribution in [0.5, 0.6) is 17.4 Å². The van der Waals surface area contributed by atoms with Gasteiger partial charge in [-0.15, -0.1) is 5.10 Å². The van der Waals surface area contributed by atoms with E-state index in [2.05, 4.69) is 23.2 Å². The average molecular weight is 416 g/mol. The predicted octanol–water partition coefficient (Wildman–Crippen LogP) is 4.48. The van der Waals surface area contributed by atoms with Gasteiger partial charge in [0.2, 0.25) is 11.8 Å². The number of aromatic amines is 1. The van der Waals surface area contributed by atoms with Gasteiger partial charge in [0.25, 0.3) is 0 Å². The van der Waals surface area contributed by atoms with Gasteiger partial charge in [0, 0.05) is 11.1 Å². The first-order valence-corrected chi connectivity index (χ1v) is 10.2. The number of allylic oxidation sites excluding steroid dienone is 1. The molecule has 7 heteroatoms. The lowest BCUT2D eigenvalue weighted by Crippen LogP contribution is -2.21. The molecule has 0 spiro atoms. The van der Waals surface area contributed by atoms with Gasteiger partial charge in [-0.1, -0.05) is 31.5 Å². The fourth-order valence-electron chi connectivity index (χ4n) is 3.71. The minimum atomic E-state index is -0.470. The second-order valence-electron chi connectivity index (χ2n) is 7.21. The Kier molecular flexibility index (Phi) is 5.80. The fraction of sp³-hybridized carbons (Fsp3) is 0.250. The molecule has 0 saturated carbocycles. The van der Waals surface area contributed by atoms with E-state index in [4.69, 9.17) is 19.9 Å². The molecular weight excluding hydrogens is 392 g/mol. The number of nitrogens with zero attached hydrogens (tertiary/aromatic N) is 2. The zero-order valence-electron chi connectivity index (χ0n) is 17.5. The summed E-state index contributed by atoms with van der Waals surface area (Å²) in [6, 6.07) is 17.6. The van der Waals surface area contributed by atoms with Crippen LogP contribution in [0.4, 0.5) is 0 Å². The number of hydrogen-bond acceptors (Lipinski definition) is 6. The van der Waals surface area contributed by atoms with Crippen molar-refractivity contribution < 1.29 is 14.2 Å². The van der Waals surface area contributed by atoms with Crippen LogP contribution in [0.25, 0.3) is 11.3 Å². The summed E-state index contributed by atoms with van der Waals surface area (Å²) in [5.41, 5.74) is 9.69. The Morgan fingerprint density at radius 3 is 2.68 bits per heavy atom. The lowest BCUT2D eigenvalue weighted by atomic mass is 9.82. The van der Waals surface area contributed by atoms with Crippen LogP contribution in [0, 0.1) is 11.3 Å². The molecule has 7 nitrogen and oxygen atoms in total. The summed E-state index contributed by atoms with van der Waals surface area (Å²) in [5.74, 6) is 1.41. The predicted molar refractivity (Wildman–Crippen MR) is 117 cm³/mol. The Morgan fingerprint density at radius 1 is 1.19 bits per heavy atom. The van der Waals surface area contributed by atoms with E-state index in [-0.39, 0.29) is 5.88 Å². The number of aromatic nitrogens is 2. The summed E-state index contributed by atoms with van der Waals surface area (Å²) in [5, 5.41) is 17.3. The van der Waals surface area contributed by atoms with Gasteiger partial charge in [-0.2, -0.15) is 5.26 Å². The van der Waals surface area contributed by atoms with Crippen LogP contribution in [0.2, 0.25) is 0 Å². The monoisotopic (exact) mass is 416 g/mol. The minimum Gasteiger partial charge on any atom is -0.497 e. The summed E-state index contributed by atoms with van der Waals surface area (Å²) in [6.45, 7) is 2.71. The first-order chi connectivity index (χ1) is 15.2. The molecule has 1 aromatic heterocycles. The number of nitrogens with one attached hydrogen (secondary N) is 1. The van der Waals surface area contributed by atoms with Crippen LogP contribution >= 0.6 is 0 Å². The largest absolute Gasteiger partial charge is 0.497 e. The van der Waals surface area contributed by atoms with E-state index < -0.39 is 5.92 Å². The number of unbranched alkanes of at least 4 members (excludes halogenated alkanes) is 1. The Balaban J connectivity index is 1.86. The van der Waals surface area contributed by atoms with Crippen molar-refractivity contribution in [2.75, 3.05) is 13.7 Å². The lowest BCUT2D eigenvalue weighted by Gasteiger charge is -2.25. The van der Waals surface area contributed by atoms with Crippen molar-refractivity contribution in [3.8, 4) is 34.7 Å². The highest BCUT2D eigenvalue weighted by Gasteiger charge is 2.37. The number of rotatable bonds is 7. The molecule has 0 bridgehead atoms. The summed E-state index contributed by atoms with van der Waals surface area (Å²) >= 11 is 0. The highest BCUT2D eigenvalue weighted by molar-refractivity contribution is 5.72. The number of nitriles is 1. The summed E-state index contributed by atoms with van der Waals surface area (Å²) in [7, 11) is 1.62. The van der Waals surface area contributed by atoms with Gasteiger partial charge in [0.05, 0.1) is 30.9 Å². The molecular formula is C24H24N4O3. The SMILES string of the molecule is CCCCOc1ccccc1[C@H]1C(C#N)=C(N)Oc2n[nH]c(-c3ccc(OC)cc3)c21. The van der Waals surface area contributed by atoms with Crippen LogP contribution in [-0.2, 0) is 0 Å².